The average Bonchev–Trinajstić information content (AvgIpc) is 3.40. The summed E-state index contributed by atoms with van der Waals surface area (Å²) in [5.74, 6) is 0.936. The highest BCUT2D eigenvalue weighted by molar-refractivity contribution is 5.96. The highest BCUT2D eigenvalue weighted by Gasteiger charge is 2.36. The van der Waals surface area contributed by atoms with E-state index >= 15 is 0 Å². The molecule has 3 saturated heterocycles. The van der Waals surface area contributed by atoms with Gasteiger partial charge in [-0.2, -0.15) is 0 Å². The lowest BCUT2D eigenvalue weighted by Crippen LogP contribution is -2.51. The van der Waals surface area contributed by atoms with E-state index in [1.807, 2.05) is 35.2 Å². The second kappa shape index (κ2) is 8.18. The number of carbonyl (C=O) groups excluding carboxylic acids is 1. The van der Waals surface area contributed by atoms with Crippen molar-refractivity contribution in [2.24, 2.45) is 0 Å². The monoisotopic (exact) mass is 410 g/mol. The van der Waals surface area contributed by atoms with Crippen LogP contribution in [0.5, 0.6) is 0 Å². The summed E-state index contributed by atoms with van der Waals surface area (Å²) in [6.45, 7) is 5.40. The lowest BCUT2D eigenvalue weighted by Gasteiger charge is -2.37. The second-order valence-electron chi connectivity index (χ2n) is 8.29. The van der Waals surface area contributed by atoms with Gasteiger partial charge in [0.15, 0.2) is 0 Å². The SMILES string of the molecule is O=C1CC(N2CCN(c3ncccn3)CC2)CN1c1cccc(N2CC[C@@H](F)C2)c1. The molecule has 5 rings (SSSR count). The van der Waals surface area contributed by atoms with Crippen molar-refractivity contribution in [3.05, 3.63) is 42.7 Å². The number of hydrogen-bond donors (Lipinski definition) is 0. The average molecular weight is 410 g/mol. The Morgan fingerprint density at radius 2 is 1.67 bits per heavy atom. The molecule has 0 aliphatic carbocycles. The topological polar surface area (TPSA) is 55.8 Å². The second-order valence-corrected chi connectivity index (χ2v) is 8.29. The summed E-state index contributed by atoms with van der Waals surface area (Å²) in [7, 11) is 0. The van der Waals surface area contributed by atoms with Crippen molar-refractivity contribution in [2.45, 2.75) is 25.1 Å². The molecule has 30 heavy (non-hydrogen) atoms. The normalized spacial score (nSPS) is 25.4. The molecular formula is C22H27FN6O. The molecule has 4 heterocycles. The Balaban J connectivity index is 1.22. The molecule has 0 N–H and O–H groups in total. The first-order valence-corrected chi connectivity index (χ1v) is 10.7. The van der Waals surface area contributed by atoms with Gasteiger partial charge in [0.1, 0.15) is 6.17 Å². The molecule has 158 valence electrons. The van der Waals surface area contributed by atoms with Crippen molar-refractivity contribution in [1.82, 2.24) is 14.9 Å². The molecule has 2 aromatic rings. The molecule has 1 amide bonds. The molecule has 3 aliphatic heterocycles. The summed E-state index contributed by atoms with van der Waals surface area (Å²) < 4.78 is 13.6. The molecule has 0 saturated carbocycles. The van der Waals surface area contributed by atoms with Gasteiger partial charge < -0.3 is 14.7 Å². The van der Waals surface area contributed by atoms with Gasteiger partial charge in [0.2, 0.25) is 11.9 Å². The number of anilines is 3. The van der Waals surface area contributed by atoms with E-state index in [0.717, 1.165) is 50.0 Å². The van der Waals surface area contributed by atoms with E-state index in [4.69, 9.17) is 0 Å². The van der Waals surface area contributed by atoms with Crippen LogP contribution in [0.25, 0.3) is 0 Å². The lowest BCUT2D eigenvalue weighted by molar-refractivity contribution is -0.117. The van der Waals surface area contributed by atoms with Gasteiger partial charge in [-0.25, -0.2) is 14.4 Å². The van der Waals surface area contributed by atoms with Crippen molar-refractivity contribution in [2.75, 3.05) is 60.5 Å². The Morgan fingerprint density at radius 3 is 2.40 bits per heavy atom. The fourth-order valence-electron chi connectivity index (χ4n) is 4.73. The summed E-state index contributed by atoms with van der Waals surface area (Å²) >= 11 is 0. The van der Waals surface area contributed by atoms with Gasteiger partial charge in [0.25, 0.3) is 0 Å². The molecule has 3 fully saturated rings. The molecular weight excluding hydrogens is 383 g/mol. The van der Waals surface area contributed by atoms with Crippen molar-refractivity contribution < 1.29 is 9.18 Å². The molecule has 1 aromatic carbocycles. The number of benzene rings is 1. The highest BCUT2D eigenvalue weighted by atomic mass is 19.1. The van der Waals surface area contributed by atoms with Gasteiger partial charge in [0.05, 0.1) is 0 Å². The maximum absolute atomic E-state index is 13.6. The van der Waals surface area contributed by atoms with Gasteiger partial charge >= 0.3 is 0 Å². The number of carbonyl (C=O) groups is 1. The van der Waals surface area contributed by atoms with Crippen LogP contribution in [0.2, 0.25) is 0 Å². The molecule has 8 heteroatoms. The Bertz CT molecular complexity index is 888. The quantitative estimate of drug-likeness (QED) is 0.768. The smallest absolute Gasteiger partial charge is 0.228 e. The zero-order chi connectivity index (χ0) is 20.5. The standard InChI is InChI=1S/C22H27FN6O/c23-17-5-8-28(15-17)18-3-1-4-19(13-18)29-16-20(14-21(29)30)26-9-11-27(12-10-26)22-24-6-2-7-25-22/h1-4,6-7,13,17,20H,5,8-12,14-16H2/t17-,20?/m1/s1. The number of rotatable bonds is 4. The van der Waals surface area contributed by atoms with Crippen LogP contribution in [0.4, 0.5) is 21.7 Å². The van der Waals surface area contributed by atoms with Crippen LogP contribution >= 0.6 is 0 Å². The molecule has 0 bridgehead atoms. The van der Waals surface area contributed by atoms with E-state index in [-0.39, 0.29) is 11.9 Å². The summed E-state index contributed by atoms with van der Waals surface area (Å²) in [6, 6.07) is 10.0. The lowest BCUT2D eigenvalue weighted by atomic mass is 10.2. The number of aromatic nitrogens is 2. The molecule has 3 aliphatic rings. The first kappa shape index (κ1) is 19.2. The van der Waals surface area contributed by atoms with Crippen molar-refractivity contribution in [1.29, 1.82) is 0 Å². The Hall–Kier alpha value is -2.74. The predicted octanol–water partition coefficient (Wildman–Crippen LogP) is 1.95. The van der Waals surface area contributed by atoms with Gasteiger partial charge in [-0.05, 0) is 30.7 Å². The van der Waals surface area contributed by atoms with Crippen LogP contribution in [-0.2, 0) is 4.79 Å². The largest absolute Gasteiger partial charge is 0.368 e. The van der Waals surface area contributed by atoms with E-state index in [9.17, 15) is 9.18 Å². The number of hydrogen-bond acceptors (Lipinski definition) is 6. The first-order chi connectivity index (χ1) is 14.7. The number of piperazine rings is 1. The van der Waals surface area contributed by atoms with Crippen LogP contribution in [0.15, 0.2) is 42.7 Å². The first-order valence-electron chi connectivity index (χ1n) is 10.7. The van der Waals surface area contributed by atoms with E-state index < -0.39 is 6.17 Å². The summed E-state index contributed by atoms with van der Waals surface area (Å²) in [4.78, 5) is 30.0. The fraction of sp³-hybridized carbons (Fsp3) is 0.500. The minimum Gasteiger partial charge on any atom is -0.368 e. The molecule has 0 spiro atoms. The van der Waals surface area contributed by atoms with Gasteiger partial charge in [-0.1, -0.05) is 6.07 Å². The highest BCUT2D eigenvalue weighted by Crippen LogP contribution is 2.30. The van der Waals surface area contributed by atoms with Crippen LogP contribution in [-0.4, -0.2) is 78.8 Å². The van der Waals surface area contributed by atoms with E-state index in [0.29, 0.717) is 25.9 Å². The van der Waals surface area contributed by atoms with Gasteiger partial charge in [0, 0.05) is 82.0 Å². The van der Waals surface area contributed by atoms with Crippen LogP contribution in [0.3, 0.4) is 0 Å². The third-order valence-electron chi connectivity index (χ3n) is 6.41. The Labute approximate surface area is 176 Å². The maximum Gasteiger partial charge on any atom is 0.228 e. The van der Waals surface area contributed by atoms with E-state index in [2.05, 4.69) is 24.7 Å². The summed E-state index contributed by atoms with van der Waals surface area (Å²) in [5, 5.41) is 0. The third-order valence-corrected chi connectivity index (χ3v) is 6.41. The van der Waals surface area contributed by atoms with E-state index in [1.54, 1.807) is 12.4 Å². The molecule has 1 aromatic heterocycles. The van der Waals surface area contributed by atoms with E-state index in [1.165, 1.54) is 0 Å². The minimum atomic E-state index is -0.758. The zero-order valence-corrected chi connectivity index (χ0v) is 17.0. The zero-order valence-electron chi connectivity index (χ0n) is 17.0. The molecule has 0 radical (unpaired) electrons. The number of amides is 1. The minimum absolute atomic E-state index is 0.163. The third kappa shape index (κ3) is 3.84. The number of alkyl halides is 1. The Morgan fingerprint density at radius 1 is 0.900 bits per heavy atom. The van der Waals surface area contributed by atoms with Crippen LogP contribution in [0.1, 0.15) is 12.8 Å². The molecule has 1 unspecified atom stereocenters. The van der Waals surface area contributed by atoms with Gasteiger partial charge in [-0.3, -0.25) is 9.69 Å². The maximum atomic E-state index is 13.6. The van der Waals surface area contributed by atoms with Crippen molar-refractivity contribution >= 4 is 23.2 Å². The van der Waals surface area contributed by atoms with Crippen molar-refractivity contribution in [3.8, 4) is 0 Å². The Kier molecular flexibility index (Phi) is 5.25. The number of halogens is 1. The van der Waals surface area contributed by atoms with Crippen LogP contribution < -0.4 is 14.7 Å². The molecule has 2 atom stereocenters. The number of nitrogens with zero attached hydrogens (tertiary/aromatic N) is 6. The van der Waals surface area contributed by atoms with Crippen molar-refractivity contribution in [3.63, 3.8) is 0 Å². The van der Waals surface area contributed by atoms with Gasteiger partial charge in [-0.15, -0.1) is 0 Å². The van der Waals surface area contributed by atoms with Crippen LogP contribution in [0, 0.1) is 0 Å². The predicted molar refractivity (Wildman–Crippen MR) is 115 cm³/mol. The summed E-state index contributed by atoms with van der Waals surface area (Å²) in [5.41, 5.74) is 1.92. The summed E-state index contributed by atoms with van der Waals surface area (Å²) in [6.07, 6.45) is 3.90. The molecule has 7 nitrogen and oxygen atoms in total. The fourth-order valence-corrected chi connectivity index (χ4v) is 4.73.